The van der Waals surface area contributed by atoms with Crippen LogP contribution in [0.2, 0.25) is 5.04 Å². The molecule has 0 aliphatic rings. The van der Waals surface area contributed by atoms with E-state index in [-0.39, 0.29) is 24.2 Å². The molecule has 0 aliphatic heterocycles. The highest BCUT2D eigenvalue weighted by atomic mass is 28.4. The number of nitrogens with one attached hydrogen (secondary N) is 2. The quantitative estimate of drug-likeness (QED) is 0.261. The van der Waals surface area contributed by atoms with Gasteiger partial charge >= 0.3 is 0 Å². The molecule has 0 saturated heterocycles. The van der Waals surface area contributed by atoms with Gasteiger partial charge in [-0.15, -0.1) is 0 Å². The standard InChI is InChI=1S/C31H39FN2OSi/c1-24(20-25-21-33-29-19-13-12-18-28(25)29)34-22-31(5,32)23-35-36(30(2,3)4,26-14-8-6-9-15-26)27-16-10-7-11-17-27/h6-19,21,24,33-34H,20,22-23H2,1-5H3/t24-,31?/m1/s1. The van der Waals surface area contributed by atoms with Gasteiger partial charge in [-0.25, -0.2) is 4.39 Å². The van der Waals surface area contributed by atoms with Gasteiger partial charge in [0.05, 0.1) is 6.61 Å². The molecule has 3 nitrogen and oxygen atoms in total. The number of aromatic nitrogens is 1. The fourth-order valence-corrected chi connectivity index (χ4v) is 9.83. The van der Waals surface area contributed by atoms with Crippen molar-refractivity contribution in [3.05, 3.63) is 96.7 Å². The van der Waals surface area contributed by atoms with E-state index < -0.39 is 14.0 Å². The van der Waals surface area contributed by atoms with Crippen molar-refractivity contribution in [1.29, 1.82) is 0 Å². The summed E-state index contributed by atoms with van der Waals surface area (Å²) in [7, 11) is -2.77. The van der Waals surface area contributed by atoms with Gasteiger partial charge in [0.15, 0.2) is 0 Å². The van der Waals surface area contributed by atoms with E-state index in [1.807, 2.05) is 18.2 Å². The van der Waals surface area contributed by atoms with Gasteiger partial charge in [0, 0.05) is 29.7 Å². The van der Waals surface area contributed by atoms with Crippen molar-refractivity contribution < 1.29 is 8.82 Å². The summed E-state index contributed by atoms with van der Waals surface area (Å²) in [5.74, 6) is 0. The maximum atomic E-state index is 16.0. The fourth-order valence-electron chi connectivity index (χ4n) is 5.16. The first kappa shape index (κ1) is 26.3. The highest BCUT2D eigenvalue weighted by Gasteiger charge is 2.51. The SMILES string of the molecule is C[C@H](Cc1c[nH]c2ccccc12)NCC(C)(F)CO[Si](c1ccccc1)(c1ccccc1)C(C)(C)C. The van der Waals surface area contributed by atoms with Crippen molar-refractivity contribution in [3.8, 4) is 0 Å². The maximum absolute atomic E-state index is 16.0. The van der Waals surface area contributed by atoms with Crippen molar-refractivity contribution in [3.63, 3.8) is 0 Å². The number of hydrogen-bond acceptors (Lipinski definition) is 2. The van der Waals surface area contributed by atoms with Crippen LogP contribution in [0.4, 0.5) is 4.39 Å². The van der Waals surface area contributed by atoms with Crippen LogP contribution in [0, 0.1) is 0 Å². The molecule has 3 aromatic carbocycles. The van der Waals surface area contributed by atoms with E-state index in [1.54, 1.807) is 6.92 Å². The lowest BCUT2D eigenvalue weighted by Crippen LogP contribution is -2.67. The Labute approximate surface area is 216 Å². The van der Waals surface area contributed by atoms with Gasteiger partial charge in [-0.2, -0.15) is 0 Å². The van der Waals surface area contributed by atoms with Gasteiger partial charge in [-0.3, -0.25) is 0 Å². The Morgan fingerprint density at radius 3 is 2.00 bits per heavy atom. The second-order valence-corrected chi connectivity index (χ2v) is 15.5. The van der Waals surface area contributed by atoms with Crippen molar-refractivity contribution in [1.82, 2.24) is 10.3 Å². The second-order valence-electron chi connectivity index (χ2n) is 11.2. The zero-order valence-electron chi connectivity index (χ0n) is 22.1. The normalized spacial score (nSPS) is 15.1. The minimum atomic E-state index is -2.77. The third-order valence-corrected chi connectivity index (χ3v) is 12.0. The third kappa shape index (κ3) is 5.64. The van der Waals surface area contributed by atoms with E-state index in [4.69, 9.17) is 4.43 Å². The Hall–Kier alpha value is -2.73. The van der Waals surface area contributed by atoms with Crippen LogP contribution in [0.5, 0.6) is 0 Å². The lowest BCUT2D eigenvalue weighted by Gasteiger charge is -2.44. The third-order valence-electron chi connectivity index (χ3n) is 7.03. The lowest BCUT2D eigenvalue weighted by molar-refractivity contribution is 0.0928. The number of benzene rings is 3. The van der Waals surface area contributed by atoms with E-state index in [0.717, 1.165) is 11.9 Å². The molecule has 190 valence electrons. The minimum absolute atomic E-state index is 0.0348. The van der Waals surface area contributed by atoms with Crippen LogP contribution >= 0.6 is 0 Å². The predicted molar refractivity (Wildman–Crippen MR) is 153 cm³/mol. The smallest absolute Gasteiger partial charge is 0.261 e. The summed E-state index contributed by atoms with van der Waals surface area (Å²) >= 11 is 0. The van der Waals surface area contributed by atoms with Crippen molar-refractivity contribution in [2.24, 2.45) is 0 Å². The summed E-state index contributed by atoms with van der Waals surface area (Å²) in [5.41, 5.74) is 0.866. The molecule has 1 unspecified atom stereocenters. The van der Waals surface area contributed by atoms with Gasteiger partial charge in [0.25, 0.3) is 8.32 Å². The first-order valence-electron chi connectivity index (χ1n) is 12.8. The summed E-state index contributed by atoms with van der Waals surface area (Å²) in [4.78, 5) is 3.33. The molecule has 0 bridgehead atoms. The molecule has 4 rings (SSSR count). The van der Waals surface area contributed by atoms with E-state index in [1.165, 1.54) is 21.3 Å². The van der Waals surface area contributed by atoms with Crippen molar-refractivity contribution in [2.45, 2.75) is 57.8 Å². The number of hydrogen-bond donors (Lipinski definition) is 2. The topological polar surface area (TPSA) is 37.0 Å². The largest absolute Gasteiger partial charge is 0.404 e. The van der Waals surface area contributed by atoms with Gasteiger partial charge in [0.1, 0.15) is 5.67 Å². The molecule has 0 aliphatic carbocycles. The van der Waals surface area contributed by atoms with E-state index >= 15 is 4.39 Å². The van der Waals surface area contributed by atoms with E-state index in [2.05, 4.69) is 111 Å². The maximum Gasteiger partial charge on any atom is 0.261 e. The van der Waals surface area contributed by atoms with Crippen LogP contribution in [0.15, 0.2) is 91.1 Å². The molecule has 1 heterocycles. The molecule has 2 atom stereocenters. The number of fused-ring (bicyclic) bond motifs is 1. The summed E-state index contributed by atoms with van der Waals surface area (Å²) in [6, 6.07) is 29.2. The molecular weight excluding hydrogens is 463 g/mol. The van der Waals surface area contributed by atoms with Crippen LogP contribution in [0.1, 0.15) is 40.2 Å². The molecule has 36 heavy (non-hydrogen) atoms. The van der Waals surface area contributed by atoms with Gasteiger partial charge in [-0.1, -0.05) is 99.6 Å². The first-order chi connectivity index (χ1) is 17.1. The fraction of sp³-hybridized carbons (Fsp3) is 0.355. The molecule has 5 heteroatoms. The number of halogens is 1. The Morgan fingerprint density at radius 2 is 1.42 bits per heavy atom. The Balaban J connectivity index is 1.49. The number of rotatable bonds is 10. The average Bonchev–Trinajstić information content (AvgIpc) is 3.26. The molecule has 1 aromatic heterocycles. The predicted octanol–water partition coefficient (Wildman–Crippen LogP) is 5.99. The zero-order chi connectivity index (χ0) is 25.8. The highest BCUT2D eigenvalue weighted by Crippen LogP contribution is 2.37. The van der Waals surface area contributed by atoms with Crippen LogP contribution in [-0.4, -0.2) is 38.2 Å². The van der Waals surface area contributed by atoms with Gasteiger partial charge < -0.3 is 14.7 Å². The Bertz CT molecular complexity index is 1210. The zero-order valence-corrected chi connectivity index (χ0v) is 23.1. The molecule has 0 saturated carbocycles. The van der Waals surface area contributed by atoms with Crippen LogP contribution < -0.4 is 15.7 Å². The first-order valence-corrected chi connectivity index (χ1v) is 14.8. The van der Waals surface area contributed by atoms with E-state index in [0.29, 0.717) is 0 Å². The van der Waals surface area contributed by atoms with Gasteiger partial charge in [0.2, 0.25) is 0 Å². The molecule has 0 amide bonds. The second kappa shape index (κ2) is 10.7. The monoisotopic (exact) mass is 502 g/mol. The minimum Gasteiger partial charge on any atom is -0.404 e. The van der Waals surface area contributed by atoms with Crippen LogP contribution in [0.3, 0.4) is 0 Å². The highest BCUT2D eigenvalue weighted by molar-refractivity contribution is 6.99. The summed E-state index contributed by atoms with van der Waals surface area (Å²) in [5, 5.41) is 6.81. The Kier molecular flexibility index (Phi) is 7.84. The molecule has 0 radical (unpaired) electrons. The number of H-pyrrole nitrogens is 1. The van der Waals surface area contributed by atoms with Gasteiger partial charge in [-0.05, 0) is 47.3 Å². The molecular formula is C31H39FN2OSi. The van der Waals surface area contributed by atoms with Crippen LogP contribution in [0.25, 0.3) is 10.9 Å². The van der Waals surface area contributed by atoms with Crippen molar-refractivity contribution >= 4 is 29.6 Å². The van der Waals surface area contributed by atoms with Crippen LogP contribution in [-0.2, 0) is 10.8 Å². The lowest BCUT2D eigenvalue weighted by atomic mass is 10.0. The summed E-state index contributed by atoms with van der Waals surface area (Å²) < 4.78 is 22.8. The van der Waals surface area contributed by atoms with Crippen molar-refractivity contribution in [2.75, 3.05) is 13.2 Å². The molecule has 4 aromatic rings. The van der Waals surface area contributed by atoms with E-state index in [9.17, 15) is 0 Å². The molecule has 2 N–H and O–H groups in total. The molecule has 0 spiro atoms. The average molecular weight is 503 g/mol. The summed E-state index contributed by atoms with van der Waals surface area (Å²) in [6.45, 7) is 10.7. The number of alkyl halides is 1. The molecule has 0 fully saturated rings. The summed E-state index contributed by atoms with van der Waals surface area (Å²) in [6.07, 6.45) is 2.89. The number of para-hydroxylation sites is 1. The Morgan fingerprint density at radius 1 is 0.861 bits per heavy atom. The number of aromatic amines is 1.